The minimum atomic E-state index is -0.107. The highest BCUT2D eigenvalue weighted by Crippen LogP contribution is 2.36. The third-order valence-electron chi connectivity index (χ3n) is 6.42. The summed E-state index contributed by atoms with van der Waals surface area (Å²) in [7, 11) is 0. The Morgan fingerprint density at radius 3 is 2.52 bits per heavy atom. The summed E-state index contributed by atoms with van der Waals surface area (Å²) in [5.74, 6) is 0.439. The van der Waals surface area contributed by atoms with Crippen molar-refractivity contribution in [2.24, 2.45) is 5.92 Å². The highest BCUT2D eigenvalue weighted by molar-refractivity contribution is 6.30. The van der Waals surface area contributed by atoms with Gasteiger partial charge in [-0.05, 0) is 66.8 Å². The molecule has 3 heterocycles. The number of aromatic nitrogens is 1. The van der Waals surface area contributed by atoms with Gasteiger partial charge in [-0.15, -0.1) is 0 Å². The molecule has 0 aliphatic carbocycles. The molecular formula is C25H24ClN3O2. The van der Waals surface area contributed by atoms with Crippen molar-refractivity contribution in [2.45, 2.75) is 25.8 Å². The number of amides is 2. The second kappa shape index (κ2) is 7.89. The van der Waals surface area contributed by atoms with Crippen molar-refractivity contribution >= 4 is 23.3 Å². The Morgan fingerprint density at radius 1 is 0.968 bits per heavy atom. The Morgan fingerprint density at radius 2 is 1.74 bits per heavy atom. The number of carbonyl (C=O) groups is 1. The standard InChI is InChI=1S/C25H24ClN3O2/c1-16-4-2-3-5-21(16)22-10-11-23-18-12-17(14-29(23)24(22)30)13-28(15-18)25(31)27-20-8-6-19(26)7-9-20/h2-11,17-18H,12-15H2,1H3,(H,27,31)/t17-,18+/m0/s1. The zero-order valence-corrected chi connectivity index (χ0v) is 18.1. The molecule has 1 saturated heterocycles. The zero-order valence-electron chi connectivity index (χ0n) is 17.3. The molecule has 2 aromatic carbocycles. The minimum absolute atomic E-state index is 0.0700. The van der Waals surface area contributed by atoms with E-state index in [0.717, 1.165) is 34.5 Å². The lowest BCUT2D eigenvalue weighted by Gasteiger charge is -2.42. The maximum absolute atomic E-state index is 13.3. The van der Waals surface area contributed by atoms with Crippen LogP contribution in [0.15, 0.2) is 65.5 Å². The molecular weight excluding hydrogens is 410 g/mol. The molecule has 5 nitrogen and oxygen atoms in total. The van der Waals surface area contributed by atoms with E-state index in [1.807, 2.05) is 46.7 Å². The molecule has 0 spiro atoms. The number of nitrogens with zero attached hydrogens (tertiary/aromatic N) is 2. The first-order valence-electron chi connectivity index (χ1n) is 10.6. The van der Waals surface area contributed by atoms with Gasteiger partial charge in [-0.1, -0.05) is 35.9 Å². The van der Waals surface area contributed by atoms with Crippen LogP contribution < -0.4 is 10.9 Å². The Labute approximate surface area is 186 Å². The number of halogens is 1. The number of hydrogen-bond acceptors (Lipinski definition) is 2. The molecule has 2 amide bonds. The third-order valence-corrected chi connectivity index (χ3v) is 6.67. The lowest BCUT2D eigenvalue weighted by atomic mass is 9.83. The first kappa shape index (κ1) is 19.9. The van der Waals surface area contributed by atoms with Crippen molar-refractivity contribution in [3.8, 4) is 11.1 Å². The van der Waals surface area contributed by atoms with Gasteiger partial charge in [-0.3, -0.25) is 4.79 Å². The van der Waals surface area contributed by atoms with Crippen LogP contribution in [0.2, 0.25) is 5.02 Å². The summed E-state index contributed by atoms with van der Waals surface area (Å²) in [5, 5.41) is 3.60. The summed E-state index contributed by atoms with van der Waals surface area (Å²) in [6.07, 6.45) is 1.01. The number of rotatable bonds is 2. The molecule has 158 valence electrons. The van der Waals surface area contributed by atoms with Gasteiger partial charge in [0.25, 0.3) is 5.56 Å². The number of nitrogens with one attached hydrogen (secondary N) is 1. The molecule has 2 aliphatic heterocycles. The van der Waals surface area contributed by atoms with Gasteiger partial charge < -0.3 is 14.8 Å². The van der Waals surface area contributed by atoms with Gasteiger partial charge in [0.2, 0.25) is 0 Å². The first-order chi connectivity index (χ1) is 15.0. The summed E-state index contributed by atoms with van der Waals surface area (Å²) in [4.78, 5) is 28.1. The van der Waals surface area contributed by atoms with Crippen LogP contribution in [0, 0.1) is 12.8 Å². The van der Waals surface area contributed by atoms with Gasteiger partial charge in [0.15, 0.2) is 0 Å². The molecule has 2 bridgehead atoms. The number of benzene rings is 2. The van der Waals surface area contributed by atoms with Gasteiger partial charge in [-0.2, -0.15) is 0 Å². The molecule has 0 unspecified atom stereocenters. The molecule has 0 saturated carbocycles. The summed E-state index contributed by atoms with van der Waals surface area (Å²) in [6.45, 7) is 3.94. The van der Waals surface area contributed by atoms with Crippen molar-refractivity contribution in [2.75, 3.05) is 18.4 Å². The third kappa shape index (κ3) is 3.74. The van der Waals surface area contributed by atoms with E-state index in [1.165, 1.54) is 0 Å². The quantitative estimate of drug-likeness (QED) is 0.609. The van der Waals surface area contributed by atoms with E-state index in [-0.39, 0.29) is 23.4 Å². The Kier molecular flexibility index (Phi) is 5.06. The van der Waals surface area contributed by atoms with Crippen LogP contribution in [0.25, 0.3) is 11.1 Å². The second-order valence-electron chi connectivity index (χ2n) is 8.54. The fourth-order valence-corrected chi connectivity index (χ4v) is 5.05. The number of urea groups is 1. The molecule has 3 aromatic rings. The van der Waals surface area contributed by atoms with Crippen molar-refractivity contribution in [1.29, 1.82) is 0 Å². The Balaban J connectivity index is 1.40. The van der Waals surface area contributed by atoms with Gasteiger partial charge in [0.05, 0.1) is 0 Å². The molecule has 2 atom stereocenters. The summed E-state index contributed by atoms with van der Waals surface area (Å²) >= 11 is 5.93. The van der Waals surface area contributed by atoms with Crippen LogP contribution in [-0.4, -0.2) is 28.6 Å². The van der Waals surface area contributed by atoms with E-state index >= 15 is 0 Å². The lowest BCUT2D eigenvalue weighted by molar-refractivity contribution is 0.139. The van der Waals surface area contributed by atoms with Crippen LogP contribution in [0.5, 0.6) is 0 Å². The molecule has 31 heavy (non-hydrogen) atoms. The maximum atomic E-state index is 13.3. The molecule has 5 rings (SSSR count). The normalized spacial score (nSPS) is 19.6. The Bertz CT molecular complexity index is 1200. The number of hydrogen-bond donors (Lipinski definition) is 1. The fourth-order valence-electron chi connectivity index (χ4n) is 4.93. The topological polar surface area (TPSA) is 54.3 Å². The van der Waals surface area contributed by atoms with Crippen molar-refractivity contribution in [3.05, 3.63) is 87.3 Å². The molecule has 6 heteroatoms. The van der Waals surface area contributed by atoms with E-state index in [1.54, 1.807) is 24.3 Å². The number of anilines is 1. The van der Waals surface area contributed by atoms with Crippen LogP contribution >= 0.6 is 11.6 Å². The largest absolute Gasteiger partial charge is 0.324 e. The molecule has 1 fully saturated rings. The molecule has 0 radical (unpaired) electrons. The fraction of sp³-hybridized carbons (Fsp3) is 0.280. The maximum Gasteiger partial charge on any atom is 0.321 e. The predicted octanol–water partition coefficient (Wildman–Crippen LogP) is 5.13. The number of likely N-dealkylation sites (tertiary alicyclic amines) is 1. The lowest BCUT2D eigenvalue weighted by Crippen LogP contribution is -2.50. The van der Waals surface area contributed by atoms with Gasteiger partial charge in [0, 0.05) is 47.5 Å². The molecule has 1 N–H and O–H groups in total. The number of carbonyl (C=O) groups excluding carboxylic acids is 1. The summed E-state index contributed by atoms with van der Waals surface area (Å²) < 4.78 is 1.94. The van der Waals surface area contributed by atoms with Crippen LogP contribution in [0.1, 0.15) is 23.6 Å². The summed E-state index contributed by atoms with van der Waals surface area (Å²) in [5.41, 5.74) is 4.66. The highest BCUT2D eigenvalue weighted by atomic mass is 35.5. The predicted molar refractivity (Wildman–Crippen MR) is 124 cm³/mol. The smallest absolute Gasteiger partial charge is 0.321 e. The van der Waals surface area contributed by atoms with E-state index in [0.29, 0.717) is 24.7 Å². The highest BCUT2D eigenvalue weighted by Gasteiger charge is 2.36. The SMILES string of the molecule is Cc1ccccc1-c1ccc2n(c1=O)C[C@H]1C[C@@H]2CN(C(=O)Nc2ccc(Cl)cc2)C1. The van der Waals surface area contributed by atoms with E-state index < -0.39 is 0 Å². The number of pyridine rings is 1. The monoisotopic (exact) mass is 433 g/mol. The average molecular weight is 434 g/mol. The number of piperidine rings is 1. The van der Waals surface area contributed by atoms with Crippen LogP contribution in [0.3, 0.4) is 0 Å². The van der Waals surface area contributed by atoms with E-state index in [2.05, 4.69) is 11.4 Å². The zero-order chi connectivity index (χ0) is 21.5. The first-order valence-corrected chi connectivity index (χ1v) is 11.0. The van der Waals surface area contributed by atoms with Crippen molar-refractivity contribution in [3.63, 3.8) is 0 Å². The van der Waals surface area contributed by atoms with Crippen molar-refractivity contribution < 1.29 is 4.79 Å². The second-order valence-corrected chi connectivity index (χ2v) is 8.98. The van der Waals surface area contributed by atoms with Gasteiger partial charge in [0.1, 0.15) is 0 Å². The molecule has 2 aliphatic rings. The van der Waals surface area contributed by atoms with Gasteiger partial charge >= 0.3 is 6.03 Å². The van der Waals surface area contributed by atoms with E-state index in [4.69, 9.17) is 11.6 Å². The molecule has 1 aromatic heterocycles. The van der Waals surface area contributed by atoms with Crippen molar-refractivity contribution in [1.82, 2.24) is 9.47 Å². The Hall–Kier alpha value is -3.05. The number of aryl methyl sites for hydroxylation is 1. The number of fused-ring (bicyclic) bond motifs is 4. The summed E-state index contributed by atoms with van der Waals surface area (Å²) in [6, 6.07) is 19.0. The van der Waals surface area contributed by atoms with Crippen LogP contribution in [-0.2, 0) is 6.54 Å². The van der Waals surface area contributed by atoms with E-state index in [9.17, 15) is 9.59 Å². The van der Waals surface area contributed by atoms with Crippen LogP contribution in [0.4, 0.5) is 10.5 Å². The minimum Gasteiger partial charge on any atom is -0.324 e. The van der Waals surface area contributed by atoms with Gasteiger partial charge in [-0.25, -0.2) is 4.79 Å². The average Bonchev–Trinajstić information content (AvgIpc) is 2.76.